The minimum atomic E-state index is -0.482. The van der Waals surface area contributed by atoms with Crippen molar-refractivity contribution in [2.24, 2.45) is 5.84 Å². The normalized spacial score (nSPS) is 10.4. The quantitative estimate of drug-likeness (QED) is 0.288. The van der Waals surface area contributed by atoms with Gasteiger partial charge in [0.1, 0.15) is 5.76 Å². The van der Waals surface area contributed by atoms with E-state index < -0.39 is 10.8 Å². The number of nitrogens with one attached hydrogen (secondary N) is 1. The largest absolute Gasteiger partial charge is 0.456 e. The molecule has 7 nitrogen and oxygen atoms in total. The summed E-state index contributed by atoms with van der Waals surface area (Å²) in [5.74, 6) is 5.96. The predicted molar refractivity (Wildman–Crippen MR) is 77.8 cm³/mol. The SMILES string of the molecule is Cc1oc(C(=O)NN)cc1CSc1ccc([N+](=O)[O-])cc1. The number of hydrazine groups is 1. The Labute approximate surface area is 124 Å². The van der Waals surface area contributed by atoms with Crippen molar-refractivity contribution in [3.8, 4) is 0 Å². The first-order valence-electron chi connectivity index (χ1n) is 5.98. The molecule has 2 rings (SSSR count). The summed E-state index contributed by atoms with van der Waals surface area (Å²) in [5.41, 5.74) is 2.94. The lowest BCUT2D eigenvalue weighted by Gasteiger charge is -2.00. The van der Waals surface area contributed by atoms with Crippen LogP contribution in [0.1, 0.15) is 21.9 Å². The molecule has 1 aromatic carbocycles. The van der Waals surface area contributed by atoms with Crippen LogP contribution in [0, 0.1) is 17.0 Å². The number of non-ortho nitro benzene ring substituents is 1. The lowest BCUT2D eigenvalue weighted by Crippen LogP contribution is -2.29. The maximum absolute atomic E-state index is 11.4. The van der Waals surface area contributed by atoms with Crippen LogP contribution in [-0.4, -0.2) is 10.8 Å². The molecule has 0 spiro atoms. The first-order chi connectivity index (χ1) is 10.0. The van der Waals surface area contributed by atoms with Gasteiger partial charge in [0.05, 0.1) is 4.92 Å². The van der Waals surface area contributed by atoms with E-state index in [4.69, 9.17) is 10.3 Å². The van der Waals surface area contributed by atoms with Crippen LogP contribution in [0.4, 0.5) is 5.69 Å². The number of nitrogens with zero attached hydrogens (tertiary/aromatic N) is 1. The number of nitro benzene ring substituents is 1. The summed E-state index contributed by atoms with van der Waals surface area (Å²) < 4.78 is 5.31. The van der Waals surface area contributed by atoms with E-state index in [1.165, 1.54) is 23.9 Å². The fourth-order valence-corrected chi connectivity index (χ4v) is 2.61. The van der Waals surface area contributed by atoms with E-state index >= 15 is 0 Å². The standard InChI is InChI=1S/C13H13N3O4S/c1-8-9(6-12(20-8)13(17)15-14)7-21-11-4-2-10(3-5-11)16(18)19/h2-6H,7,14H2,1H3,(H,15,17). The van der Waals surface area contributed by atoms with Gasteiger partial charge < -0.3 is 4.42 Å². The highest BCUT2D eigenvalue weighted by Gasteiger charge is 2.13. The van der Waals surface area contributed by atoms with E-state index in [0.29, 0.717) is 11.5 Å². The van der Waals surface area contributed by atoms with E-state index in [-0.39, 0.29) is 11.4 Å². The van der Waals surface area contributed by atoms with Crippen molar-refractivity contribution in [3.05, 3.63) is 57.5 Å². The Morgan fingerprint density at radius 2 is 2.10 bits per heavy atom. The predicted octanol–water partition coefficient (Wildman–Crippen LogP) is 2.39. The summed E-state index contributed by atoms with van der Waals surface area (Å²) in [6.07, 6.45) is 0. The van der Waals surface area contributed by atoms with Gasteiger partial charge in [0, 0.05) is 28.3 Å². The number of carbonyl (C=O) groups excluding carboxylic acids is 1. The molecule has 8 heteroatoms. The van der Waals surface area contributed by atoms with Crippen molar-refractivity contribution < 1.29 is 14.1 Å². The van der Waals surface area contributed by atoms with Crippen LogP contribution in [0.2, 0.25) is 0 Å². The average Bonchev–Trinajstić information content (AvgIpc) is 2.86. The lowest BCUT2D eigenvalue weighted by atomic mass is 10.3. The first-order valence-corrected chi connectivity index (χ1v) is 6.97. The van der Waals surface area contributed by atoms with Crippen LogP contribution in [0.3, 0.4) is 0 Å². The van der Waals surface area contributed by atoms with Crippen LogP contribution in [0.25, 0.3) is 0 Å². The zero-order valence-corrected chi connectivity index (χ0v) is 12.0. The molecule has 110 valence electrons. The molecule has 0 bridgehead atoms. The van der Waals surface area contributed by atoms with Crippen LogP contribution in [0.5, 0.6) is 0 Å². The number of aryl methyl sites for hydroxylation is 1. The molecule has 1 amide bonds. The van der Waals surface area contributed by atoms with Gasteiger partial charge >= 0.3 is 5.91 Å². The number of nitrogens with two attached hydrogens (primary N) is 1. The Bertz CT molecular complexity index is 667. The van der Waals surface area contributed by atoms with E-state index in [9.17, 15) is 14.9 Å². The Kier molecular flexibility index (Phi) is 4.61. The number of nitro groups is 1. The third-order valence-electron chi connectivity index (χ3n) is 2.82. The molecule has 0 atom stereocenters. The number of hydrogen-bond acceptors (Lipinski definition) is 6. The number of carbonyl (C=O) groups is 1. The molecular weight excluding hydrogens is 294 g/mol. The fraction of sp³-hybridized carbons (Fsp3) is 0.154. The molecule has 1 aromatic heterocycles. The van der Waals surface area contributed by atoms with Crippen molar-refractivity contribution in [3.63, 3.8) is 0 Å². The highest BCUT2D eigenvalue weighted by atomic mass is 32.2. The van der Waals surface area contributed by atoms with E-state index in [0.717, 1.165) is 10.5 Å². The molecule has 0 radical (unpaired) electrons. The molecule has 3 N–H and O–H groups in total. The molecule has 0 aliphatic rings. The molecule has 0 saturated heterocycles. The lowest BCUT2D eigenvalue weighted by molar-refractivity contribution is -0.384. The van der Waals surface area contributed by atoms with Gasteiger partial charge in [0.2, 0.25) is 0 Å². The first kappa shape index (κ1) is 15.1. The molecule has 0 aliphatic heterocycles. The van der Waals surface area contributed by atoms with E-state index in [2.05, 4.69) is 0 Å². The molecular formula is C13H13N3O4S. The zero-order chi connectivity index (χ0) is 15.4. The second-order valence-corrected chi connectivity index (χ2v) is 5.25. The average molecular weight is 307 g/mol. The number of thioether (sulfide) groups is 1. The number of rotatable bonds is 5. The summed E-state index contributed by atoms with van der Waals surface area (Å²) in [7, 11) is 0. The second kappa shape index (κ2) is 6.42. The Hall–Kier alpha value is -2.32. The van der Waals surface area contributed by atoms with Gasteiger partial charge in [-0.05, 0) is 25.1 Å². The Balaban J connectivity index is 2.04. The fourth-order valence-electron chi connectivity index (χ4n) is 1.67. The van der Waals surface area contributed by atoms with Crippen LogP contribution in [-0.2, 0) is 5.75 Å². The number of furan rings is 1. The summed E-state index contributed by atoms with van der Waals surface area (Å²) >= 11 is 1.50. The highest BCUT2D eigenvalue weighted by Crippen LogP contribution is 2.27. The van der Waals surface area contributed by atoms with Crippen molar-refractivity contribution in [2.45, 2.75) is 17.6 Å². The third-order valence-corrected chi connectivity index (χ3v) is 3.88. The minimum Gasteiger partial charge on any atom is -0.456 e. The zero-order valence-electron chi connectivity index (χ0n) is 11.2. The summed E-state index contributed by atoms with van der Waals surface area (Å²) in [6.45, 7) is 1.76. The molecule has 0 fully saturated rings. The van der Waals surface area contributed by atoms with Gasteiger partial charge in [0.15, 0.2) is 5.76 Å². The number of benzene rings is 1. The molecule has 0 saturated carbocycles. The Morgan fingerprint density at radius 3 is 2.67 bits per heavy atom. The summed E-state index contributed by atoms with van der Waals surface area (Å²) in [5, 5.41) is 10.6. The smallest absolute Gasteiger partial charge is 0.300 e. The summed E-state index contributed by atoms with van der Waals surface area (Å²) in [4.78, 5) is 22.4. The van der Waals surface area contributed by atoms with Crippen LogP contribution < -0.4 is 11.3 Å². The van der Waals surface area contributed by atoms with E-state index in [1.54, 1.807) is 25.1 Å². The topological polar surface area (TPSA) is 111 Å². The van der Waals surface area contributed by atoms with Gasteiger partial charge in [0.25, 0.3) is 5.69 Å². The number of amides is 1. The maximum Gasteiger partial charge on any atom is 0.300 e. The number of hydrogen-bond donors (Lipinski definition) is 2. The van der Waals surface area contributed by atoms with Crippen molar-refractivity contribution in [2.75, 3.05) is 0 Å². The summed E-state index contributed by atoms with van der Waals surface area (Å²) in [6, 6.07) is 7.92. The van der Waals surface area contributed by atoms with Gasteiger partial charge in [-0.3, -0.25) is 20.3 Å². The number of nitrogen functional groups attached to an aromatic ring is 1. The van der Waals surface area contributed by atoms with Crippen LogP contribution in [0.15, 0.2) is 39.6 Å². The minimum absolute atomic E-state index is 0.0562. The molecule has 1 heterocycles. The van der Waals surface area contributed by atoms with Crippen molar-refractivity contribution in [1.82, 2.24) is 5.43 Å². The second-order valence-electron chi connectivity index (χ2n) is 4.21. The molecule has 21 heavy (non-hydrogen) atoms. The van der Waals surface area contributed by atoms with Crippen LogP contribution >= 0.6 is 11.8 Å². The van der Waals surface area contributed by atoms with Gasteiger partial charge in [-0.15, -0.1) is 11.8 Å². The monoisotopic (exact) mass is 307 g/mol. The molecule has 0 aliphatic carbocycles. The van der Waals surface area contributed by atoms with Gasteiger partial charge in [-0.2, -0.15) is 0 Å². The van der Waals surface area contributed by atoms with Crippen molar-refractivity contribution >= 4 is 23.4 Å². The molecule has 0 unspecified atom stereocenters. The Morgan fingerprint density at radius 1 is 1.43 bits per heavy atom. The van der Waals surface area contributed by atoms with Gasteiger partial charge in [-0.1, -0.05) is 0 Å². The van der Waals surface area contributed by atoms with Crippen molar-refractivity contribution in [1.29, 1.82) is 0 Å². The molecule has 2 aromatic rings. The third kappa shape index (κ3) is 3.61. The maximum atomic E-state index is 11.4. The van der Waals surface area contributed by atoms with Gasteiger partial charge in [-0.25, -0.2) is 5.84 Å². The highest BCUT2D eigenvalue weighted by molar-refractivity contribution is 7.98. The van der Waals surface area contributed by atoms with E-state index in [1.807, 2.05) is 5.43 Å².